The molecule has 0 saturated carbocycles. The number of hydrogen-bond donors (Lipinski definition) is 2. The van der Waals surface area contributed by atoms with Gasteiger partial charge in [-0.25, -0.2) is 0 Å². The molecule has 0 bridgehead atoms. The van der Waals surface area contributed by atoms with Crippen LogP contribution in [0.5, 0.6) is 0 Å². The van der Waals surface area contributed by atoms with Crippen LogP contribution in [0.25, 0.3) is 0 Å². The predicted octanol–water partition coefficient (Wildman–Crippen LogP) is 1.17. The number of aliphatic hydroxyl groups excluding tert-OH is 1. The number of aliphatic hydroxyl groups is 1. The average Bonchev–Trinajstić information content (AvgIpc) is 2.83. The average molecular weight is 202 g/mol. The first-order chi connectivity index (χ1) is 6.65. The normalized spacial score (nSPS) is 27.3. The third-order valence-corrected chi connectivity index (χ3v) is 2.48. The van der Waals surface area contributed by atoms with Gasteiger partial charge in [0.2, 0.25) is 0 Å². The lowest BCUT2D eigenvalue weighted by Gasteiger charge is -2.02. The minimum atomic E-state index is -0.972. The van der Waals surface area contributed by atoms with E-state index in [4.69, 9.17) is 9.84 Å². The Labute approximate surface area is 83.9 Å². The maximum atomic E-state index is 10.3. The molecule has 2 N–H and O–H groups in total. The Hall–Kier alpha value is -0.610. The number of epoxide rings is 1. The van der Waals surface area contributed by atoms with Crippen LogP contribution in [0.2, 0.25) is 0 Å². The second kappa shape index (κ2) is 5.32. The van der Waals surface area contributed by atoms with Gasteiger partial charge in [-0.2, -0.15) is 0 Å². The molecule has 0 aromatic carbocycles. The fourth-order valence-corrected chi connectivity index (χ4v) is 1.62. The summed E-state index contributed by atoms with van der Waals surface area (Å²) in [5.74, 6) is -0.972. The van der Waals surface area contributed by atoms with E-state index in [0.717, 1.165) is 19.3 Å². The second-order valence-electron chi connectivity index (χ2n) is 3.80. The summed E-state index contributed by atoms with van der Waals surface area (Å²) in [6.07, 6.45) is 3.18. The van der Waals surface area contributed by atoms with Crippen LogP contribution in [0.4, 0.5) is 0 Å². The summed E-state index contributed by atoms with van der Waals surface area (Å²) in [4.78, 5) is 10.3. The Morgan fingerprint density at radius 3 is 2.79 bits per heavy atom. The van der Waals surface area contributed by atoms with E-state index in [2.05, 4.69) is 6.92 Å². The van der Waals surface area contributed by atoms with Crippen LogP contribution in [0.1, 0.15) is 39.0 Å². The molecule has 0 aromatic rings. The van der Waals surface area contributed by atoms with Crippen LogP contribution in [-0.4, -0.2) is 34.5 Å². The first-order valence-corrected chi connectivity index (χ1v) is 5.20. The number of carbonyl (C=O) groups is 1. The van der Waals surface area contributed by atoms with E-state index in [-0.39, 0.29) is 18.6 Å². The van der Waals surface area contributed by atoms with Gasteiger partial charge in [-0.05, 0) is 6.42 Å². The lowest BCUT2D eigenvalue weighted by Crippen LogP contribution is -2.20. The zero-order valence-electron chi connectivity index (χ0n) is 8.48. The molecule has 1 heterocycles. The Morgan fingerprint density at radius 1 is 1.50 bits per heavy atom. The van der Waals surface area contributed by atoms with E-state index in [1.54, 1.807) is 0 Å². The van der Waals surface area contributed by atoms with E-state index < -0.39 is 12.1 Å². The van der Waals surface area contributed by atoms with Crippen molar-refractivity contribution in [2.24, 2.45) is 0 Å². The summed E-state index contributed by atoms with van der Waals surface area (Å²) in [5.41, 5.74) is 0. The molecule has 0 aliphatic carbocycles. The fraction of sp³-hybridized carbons (Fsp3) is 0.900. The van der Waals surface area contributed by atoms with Crippen LogP contribution in [0, 0.1) is 0 Å². The SMILES string of the molecule is CCCCCC1O[C@@H]1C(O)CC(=O)O. The van der Waals surface area contributed by atoms with E-state index >= 15 is 0 Å². The molecule has 3 atom stereocenters. The zero-order valence-corrected chi connectivity index (χ0v) is 8.48. The van der Waals surface area contributed by atoms with Crippen LogP contribution < -0.4 is 0 Å². The molecule has 4 nitrogen and oxygen atoms in total. The molecule has 0 aromatic heterocycles. The minimum absolute atomic E-state index is 0.0934. The van der Waals surface area contributed by atoms with Crippen LogP contribution in [0.3, 0.4) is 0 Å². The van der Waals surface area contributed by atoms with Gasteiger partial charge in [-0.1, -0.05) is 26.2 Å². The molecule has 1 aliphatic heterocycles. The Bertz CT molecular complexity index is 193. The molecule has 1 fully saturated rings. The van der Waals surface area contributed by atoms with Crippen LogP contribution in [0.15, 0.2) is 0 Å². The van der Waals surface area contributed by atoms with Crippen molar-refractivity contribution in [1.82, 2.24) is 0 Å². The van der Waals surface area contributed by atoms with E-state index in [1.165, 1.54) is 6.42 Å². The third kappa shape index (κ3) is 3.64. The van der Waals surface area contributed by atoms with Crippen molar-refractivity contribution in [3.8, 4) is 0 Å². The zero-order chi connectivity index (χ0) is 10.6. The van der Waals surface area contributed by atoms with Crippen molar-refractivity contribution in [2.75, 3.05) is 0 Å². The quantitative estimate of drug-likeness (QED) is 0.480. The maximum Gasteiger partial charge on any atom is 0.306 e. The summed E-state index contributed by atoms with van der Waals surface area (Å²) < 4.78 is 5.21. The minimum Gasteiger partial charge on any atom is -0.481 e. The molecule has 0 amide bonds. The number of carboxylic acids is 1. The topological polar surface area (TPSA) is 70.1 Å². The van der Waals surface area contributed by atoms with Gasteiger partial charge in [0, 0.05) is 0 Å². The molecular weight excluding hydrogens is 184 g/mol. The monoisotopic (exact) mass is 202 g/mol. The third-order valence-electron chi connectivity index (χ3n) is 2.48. The van der Waals surface area contributed by atoms with E-state index in [9.17, 15) is 9.90 Å². The van der Waals surface area contributed by atoms with Crippen LogP contribution >= 0.6 is 0 Å². The van der Waals surface area contributed by atoms with Gasteiger partial charge in [0.05, 0.1) is 18.6 Å². The first kappa shape index (κ1) is 11.5. The number of ether oxygens (including phenoxy) is 1. The van der Waals surface area contributed by atoms with Crippen molar-refractivity contribution in [2.45, 2.75) is 57.3 Å². The molecule has 0 spiro atoms. The van der Waals surface area contributed by atoms with Crippen molar-refractivity contribution >= 4 is 5.97 Å². The Morgan fingerprint density at radius 2 is 2.21 bits per heavy atom. The summed E-state index contributed by atoms with van der Waals surface area (Å²) >= 11 is 0. The number of hydrogen-bond acceptors (Lipinski definition) is 3. The first-order valence-electron chi connectivity index (χ1n) is 5.20. The van der Waals surface area contributed by atoms with Crippen LogP contribution in [-0.2, 0) is 9.53 Å². The number of unbranched alkanes of at least 4 members (excludes halogenated alkanes) is 2. The number of rotatable bonds is 7. The molecule has 14 heavy (non-hydrogen) atoms. The van der Waals surface area contributed by atoms with Crippen molar-refractivity contribution in [3.05, 3.63) is 0 Å². The Balaban J connectivity index is 2.09. The van der Waals surface area contributed by atoms with Gasteiger partial charge >= 0.3 is 5.97 Å². The van der Waals surface area contributed by atoms with Crippen molar-refractivity contribution in [1.29, 1.82) is 0 Å². The number of carboxylic acid groups (broad SMARTS) is 1. The summed E-state index contributed by atoms with van der Waals surface area (Å²) in [5, 5.41) is 17.8. The van der Waals surface area contributed by atoms with E-state index in [1.807, 2.05) is 0 Å². The van der Waals surface area contributed by atoms with Crippen molar-refractivity contribution in [3.63, 3.8) is 0 Å². The highest BCUT2D eigenvalue weighted by atomic mass is 16.6. The van der Waals surface area contributed by atoms with E-state index in [0.29, 0.717) is 0 Å². The predicted molar refractivity (Wildman–Crippen MR) is 51.1 cm³/mol. The molecule has 4 heteroatoms. The van der Waals surface area contributed by atoms with Gasteiger partial charge < -0.3 is 14.9 Å². The molecule has 82 valence electrons. The smallest absolute Gasteiger partial charge is 0.306 e. The van der Waals surface area contributed by atoms with Gasteiger partial charge in [0.15, 0.2) is 0 Å². The molecule has 1 rings (SSSR count). The number of aliphatic carboxylic acids is 1. The highest BCUT2D eigenvalue weighted by Crippen LogP contribution is 2.31. The Kier molecular flexibility index (Phi) is 4.35. The van der Waals surface area contributed by atoms with Gasteiger partial charge in [-0.15, -0.1) is 0 Å². The molecular formula is C10H18O4. The highest BCUT2D eigenvalue weighted by Gasteiger charge is 2.44. The maximum absolute atomic E-state index is 10.3. The highest BCUT2D eigenvalue weighted by molar-refractivity contribution is 5.67. The summed E-state index contributed by atoms with van der Waals surface area (Å²) in [6.45, 7) is 2.13. The fourth-order valence-electron chi connectivity index (χ4n) is 1.62. The lowest BCUT2D eigenvalue weighted by atomic mass is 10.1. The van der Waals surface area contributed by atoms with Gasteiger partial charge in [-0.3, -0.25) is 4.79 Å². The van der Waals surface area contributed by atoms with Gasteiger partial charge in [0.1, 0.15) is 6.10 Å². The lowest BCUT2D eigenvalue weighted by molar-refractivity contribution is -0.139. The molecule has 2 unspecified atom stereocenters. The largest absolute Gasteiger partial charge is 0.481 e. The van der Waals surface area contributed by atoms with Gasteiger partial charge in [0.25, 0.3) is 0 Å². The molecule has 1 saturated heterocycles. The molecule has 0 radical (unpaired) electrons. The second-order valence-corrected chi connectivity index (χ2v) is 3.80. The van der Waals surface area contributed by atoms with Crippen molar-refractivity contribution < 1.29 is 19.7 Å². The summed E-state index contributed by atoms with van der Waals surface area (Å²) in [7, 11) is 0. The molecule has 1 aliphatic rings. The summed E-state index contributed by atoms with van der Waals surface area (Å²) in [6, 6.07) is 0. The standard InChI is InChI=1S/C10H18O4/c1-2-3-4-5-8-10(14-8)7(11)6-9(12)13/h7-8,10-11H,2-6H2,1H3,(H,12,13)/t7?,8?,10-/m1/s1.